The van der Waals surface area contributed by atoms with Gasteiger partial charge in [-0.15, -0.1) is 0 Å². The number of aliphatic carboxylic acids is 1. The summed E-state index contributed by atoms with van der Waals surface area (Å²) >= 11 is 0. The summed E-state index contributed by atoms with van der Waals surface area (Å²) in [4.78, 5) is 30.8. The summed E-state index contributed by atoms with van der Waals surface area (Å²) in [6.07, 6.45) is 1.23. The number of fused-ring (bicyclic) bond motifs is 1. The molecular formula is C21H21N3O4. The predicted molar refractivity (Wildman–Crippen MR) is 104 cm³/mol. The standard InChI is InChI=1S/C21H21N3O4/c25-19(23-18(20(26)27)14-6-2-1-3-7-14)15-10-12-24(13-11-15)21-22-16-8-4-5-9-17(16)28-21/h1-9,15,18H,10-13H2,(H,23,25)(H,26,27)/t18-/m0/s1. The Morgan fingerprint density at radius 1 is 1.07 bits per heavy atom. The first-order valence-corrected chi connectivity index (χ1v) is 9.30. The maximum Gasteiger partial charge on any atom is 0.330 e. The third-order valence-electron chi connectivity index (χ3n) is 5.09. The molecule has 28 heavy (non-hydrogen) atoms. The van der Waals surface area contributed by atoms with E-state index < -0.39 is 12.0 Å². The van der Waals surface area contributed by atoms with Crippen LogP contribution in [0.25, 0.3) is 11.1 Å². The van der Waals surface area contributed by atoms with Gasteiger partial charge < -0.3 is 19.7 Å². The molecule has 1 saturated heterocycles. The highest BCUT2D eigenvalue weighted by atomic mass is 16.4. The van der Waals surface area contributed by atoms with Gasteiger partial charge in [0, 0.05) is 19.0 Å². The second-order valence-corrected chi connectivity index (χ2v) is 6.92. The van der Waals surface area contributed by atoms with E-state index in [1.165, 1.54) is 0 Å². The second-order valence-electron chi connectivity index (χ2n) is 6.92. The van der Waals surface area contributed by atoms with Crippen LogP contribution in [-0.4, -0.2) is 35.1 Å². The van der Waals surface area contributed by atoms with Crippen molar-refractivity contribution < 1.29 is 19.1 Å². The number of piperidine rings is 1. The number of nitrogens with one attached hydrogen (secondary N) is 1. The molecule has 1 amide bonds. The molecule has 0 bridgehead atoms. The maximum absolute atomic E-state index is 12.6. The monoisotopic (exact) mass is 379 g/mol. The number of carboxylic acid groups (broad SMARTS) is 1. The average Bonchev–Trinajstić information content (AvgIpc) is 3.16. The van der Waals surface area contributed by atoms with E-state index in [1.807, 2.05) is 35.2 Å². The van der Waals surface area contributed by atoms with Crippen LogP contribution >= 0.6 is 0 Å². The third-order valence-corrected chi connectivity index (χ3v) is 5.09. The molecule has 1 aliphatic heterocycles. The number of hydrogen-bond donors (Lipinski definition) is 2. The van der Waals surface area contributed by atoms with Crippen LogP contribution in [0.1, 0.15) is 24.4 Å². The number of carbonyl (C=O) groups excluding carboxylic acids is 1. The summed E-state index contributed by atoms with van der Waals surface area (Å²) in [5.74, 6) is -1.52. The molecule has 2 heterocycles. The summed E-state index contributed by atoms with van der Waals surface area (Å²) in [7, 11) is 0. The van der Waals surface area contributed by atoms with E-state index in [0.29, 0.717) is 37.5 Å². The predicted octanol–water partition coefficient (Wildman–Crippen LogP) is 2.99. The number of para-hydroxylation sites is 2. The van der Waals surface area contributed by atoms with Gasteiger partial charge in [0.05, 0.1) is 0 Å². The van der Waals surface area contributed by atoms with Crippen LogP contribution in [0, 0.1) is 5.92 Å². The van der Waals surface area contributed by atoms with E-state index in [1.54, 1.807) is 24.3 Å². The summed E-state index contributed by atoms with van der Waals surface area (Å²) < 4.78 is 5.79. The number of oxazole rings is 1. The van der Waals surface area contributed by atoms with Crippen LogP contribution in [0.15, 0.2) is 59.0 Å². The van der Waals surface area contributed by atoms with Crippen LogP contribution in [0.5, 0.6) is 0 Å². The Morgan fingerprint density at radius 2 is 1.75 bits per heavy atom. The lowest BCUT2D eigenvalue weighted by Gasteiger charge is -2.30. The number of carboxylic acids is 1. The Kier molecular flexibility index (Phi) is 4.97. The second kappa shape index (κ2) is 7.72. The molecule has 3 aromatic rings. The van der Waals surface area contributed by atoms with E-state index >= 15 is 0 Å². The lowest BCUT2D eigenvalue weighted by atomic mass is 9.95. The molecule has 0 unspecified atom stereocenters. The highest BCUT2D eigenvalue weighted by Gasteiger charge is 2.30. The molecular weight excluding hydrogens is 358 g/mol. The first kappa shape index (κ1) is 18.0. The van der Waals surface area contributed by atoms with Gasteiger partial charge in [-0.1, -0.05) is 42.5 Å². The number of aromatic nitrogens is 1. The zero-order valence-electron chi connectivity index (χ0n) is 15.2. The van der Waals surface area contributed by atoms with Gasteiger partial charge in [0.15, 0.2) is 11.6 Å². The summed E-state index contributed by atoms with van der Waals surface area (Å²) in [6.45, 7) is 1.27. The van der Waals surface area contributed by atoms with Gasteiger partial charge in [-0.25, -0.2) is 4.79 Å². The van der Waals surface area contributed by atoms with Crippen LogP contribution in [0.4, 0.5) is 6.01 Å². The van der Waals surface area contributed by atoms with E-state index in [0.717, 1.165) is 11.1 Å². The summed E-state index contributed by atoms with van der Waals surface area (Å²) in [5, 5.41) is 12.2. The number of amides is 1. The van der Waals surface area contributed by atoms with Crippen molar-refractivity contribution in [3.05, 3.63) is 60.2 Å². The van der Waals surface area contributed by atoms with Crippen LogP contribution in [0.2, 0.25) is 0 Å². The van der Waals surface area contributed by atoms with Gasteiger partial charge >= 0.3 is 5.97 Å². The molecule has 2 aromatic carbocycles. The highest BCUT2D eigenvalue weighted by molar-refractivity contribution is 5.86. The topological polar surface area (TPSA) is 95.7 Å². The minimum absolute atomic E-state index is 0.228. The molecule has 1 aliphatic rings. The molecule has 0 aliphatic carbocycles. The van der Waals surface area contributed by atoms with E-state index in [2.05, 4.69) is 10.3 Å². The molecule has 1 aromatic heterocycles. The fourth-order valence-electron chi connectivity index (χ4n) is 3.52. The van der Waals surface area contributed by atoms with Crippen LogP contribution in [0.3, 0.4) is 0 Å². The van der Waals surface area contributed by atoms with Crippen molar-refractivity contribution in [1.29, 1.82) is 0 Å². The van der Waals surface area contributed by atoms with Crippen molar-refractivity contribution in [2.75, 3.05) is 18.0 Å². The Morgan fingerprint density at radius 3 is 2.43 bits per heavy atom. The van der Waals surface area contributed by atoms with Crippen molar-refractivity contribution in [2.45, 2.75) is 18.9 Å². The van der Waals surface area contributed by atoms with Gasteiger partial charge in [-0.2, -0.15) is 4.98 Å². The Balaban J connectivity index is 1.38. The number of anilines is 1. The molecule has 7 heteroatoms. The largest absolute Gasteiger partial charge is 0.479 e. The third kappa shape index (κ3) is 3.69. The van der Waals surface area contributed by atoms with Gasteiger partial charge in [0.1, 0.15) is 5.52 Å². The van der Waals surface area contributed by atoms with Crippen LogP contribution in [-0.2, 0) is 9.59 Å². The lowest BCUT2D eigenvalue weighted by molar-refractivity contribution is -0.142. The van der Waals surface area contributed by atoms with Gasteiger partial charge in [0.25, 0.3) is 6.01 Å². The number of hydrogen-bond acceptors (Lipinski definition) is 5. The van der Waals surface area contributed by atoms with Crippen molar-refractivity contribution in [3.63, 3.8) is 0 Å². The van der Waals surface area contributed by atoms with Crippen molar-refractivity contribution in [1.82, 2.24) is 10.3 Å². The Bertz CT molecular complexity index is 944. The molecule has 1 atom stereocenters. The fourth-order valence-corrected chi connectivity index (χ4v) is 3.52. The molecule has 2 N–H and O–H groups in total. The first-order valence-electron chi connectivity index (χ1n) is 9.30. The number of rotatable bonds is 5. The van der Waals surface area contributed by atoms with Crippen molar-refractivity contribution in [3.8, 4) is 0 Å². The van der Waals surface area contributed by atoms with Crippen LogP contribution < -0.4 is 10.2 Å². The summed E-state index contributed by atoms with van der Waals surface area (Å²) in [6, 6.07) is 15.9. The smallest absolute Gasteiger partial charge is 0.330 e. The van der Waals surface area contributed by atoms with E-state index in [4.69, 9.17) is 4.42 Å². The fraction of sp³-hybridized carbons (Fsp3) is 0.286. The van der Waals surface area contributed by atoms with Gasteiger partial charge in [-0.3, -0.25) is 4.79 Å². The Hall–Kier alpha value is -3.35. The van der Waals surface area contributed by atoms with Gasteiger partial charge in [0.2, 0.25) is 5.91 Å². The molecule has 1 fully saturated rings. The normalized spacial score (nSPS) is 16.1. The molecule has 7 nitrogen and oxygen atoms in total. The maximum atomic E-state index is 12.6. The number of nitrogens with zero attached hydrogens (tertiary/aromatic N) is 2. The number of benzene rings is 2. The minimum atomic E-state index is -1.07. The molecule has 0 radical (unpaired) electrons. The highest BCUT2D eigenvalue weighted by Crippen LogP contribution is 2.27. The molecule has 4 rings (SSSR count). The van der Waals surface area contributed by atoms with Crippen molar-refractivity contribution >= 4 is 29.0 Å². The quantitative estimate of drug-likeness (QED) is 0.708. The molecule has 0 saturated carbocycles. The Labute approximate surface area is 162 Å². The first-order chi connectivity index (χ1) is 13.6. The average molecular weight is 379 g/mol. The van der Waals surface area contributed by atoms with Crippen molar-refractivity contribution in [2.24, 2.45) is 5.92 Å². The lowest BCUT2D eigenvalue weighted by Crippen LogP contribution is -2.43. The number of carbonyl (C=O) groups is 2. The zero-order chi connectivity index (χ0) is 19.5. The summed E-state index contributed by atoms with van der Waals surface area (Å²) in [5.41, 5.74) is 2.11. The van der Waals surface area contributed by atoms with E-state index in [-0.39, 0.29) is 11.8 Å². The molecule has 0 spiro atoms. The zero-order valence-corrected chi connectivity index (χ0v) is 15.2. The SMILES string of the molecule is O=C(N[C@H](C(=O)O)c1ccccc1)C1CCN(c2nc3ccccc3o2)CC1. The minimum Gasteiger partial charge on any atom is -0.479 e. The van der Waals surface area contributed by atoms with Gasteiger partial charge in [-0.05, 0) is 30.5 Å². The molecule has 144 valence electrons. The van der Waals surface area contributed by atoms with E-state index in [9.17, 15) is 14.7 Å².